The summed E-state index contributed by atoms with van der Waals surface area (Å²) in [6.45, 7) is 6.61. The van der Waals surface area contributed by atoms with Crippen LogP contribution in [0, 0.1) is 5.92 Å². The Morgan fingerprint density at radius 1 is 1.16 bits per heavy atom. The van der Waals surface area contributed by atoms with Gasteiger partial charge in [-0.1, -0.05) is 64.9 Å². The molecule has 0 aromatic rings. The van der Waals surface area contributed by atoms with Gasteiger partial charge in [0.1, 0.15) is 0 Å². The molecule has 1 aliphatic carbocycles. The smallest absolute Gasteiger partial charge is 0.333 e. The standard InChI is InChI=1S/C17H30O2/c1-3-4-5-7-10-15(2)17(18)19-14-13-16-11-8-6-9-12-16/h16H,2-14H2,1H3. The predicted octanol–water partition coefficient (Wildman–Crippen LogP) is 5.03. The number of hydrogen-bond donors (Lipinski definition) is 0. The fourth-order valence-corrected chi connectivity index (χ4v) is 2.76. The molecule has 0 unspecified atom stereocenters. The van der Waals surface area contributed by atoms with Gasteiger partial charge in [0.15, 0.2) is 0 Å². The molecule has 0 atom stereocenters. The third-order valence-corrected chi connectivity index (χ3v) is 4.10. The van der Waals surface area contributed by atoms with E-state index in [2.05, 4.69) is 13.5 Å². The van der Waals surface area contributed by atoms with Crippen molar-refractivity contribution < 1.29 is 9.53 Å². The number of carbonyl (C=O) groups is 1. The first kappa shape index (κ1) is 16.3. The first-order valence-corrected chi connectivity index (χ1v) is 8.09. The highest BCUT2D eigenvalue weighted by molar-refractivity contribution is 5.87. The zero-order chi connectivity index (χ0) is 13.9. The lowest BCUT2D eigenvalue weighted by Gasteiger charge is -2.21. The van der Waals surface area contributed by atoms with Crippen LogP contribution in [0.5, 0.6) is 0 Å². The van der Waals surface area contributed by atoms with Gasteiger partial charge in [-0.2, -0.15) is 0 Å². The molecular formula is C17H30O2. The Bertz CT molecular complexity index is 264. The second-order valence-electron chi connectivity index (χ2n) is 5.84. The normalized spacial score (nSPS) is 16.3. The Balaban J connectivity index is 2.04. The number of ether oxygens (including phenoxy) is 1. The molecule has 1 aliphatic rings. The summed E-state index contributed by atoms with van der Waals surface area (Å²) >= 11 is 0. The number of hydrogen-bond acceptors (Lipinski definition) is 2. The Kier molecular flexibility index (Phi) is 8.61. The lowest BCUT2D eigenvalue weighted by Crippen LogP contribution is -2.13. The van der Waals surface area contributed by atoms with Crippen LogP contribution < -0.4 is 0 Å². The molecule has 1 saturated carbocycles. The monoisotopic (exact) mass is 266 g/mol. The van der Waals surface area contributed by atoms with E-state index in [1.54, 1.807) is 0 Å². The van der Waals surface area contributed by atoms with E-state index in [1.165, 1.54) is 51.4 Å². The first-order valence-electron chi connectivity index (χ1n) is 8.09. The van der Waals surface area contributed by atoms with Crippen LogP contribution in [-0.2, 0) is 9.53 Å². The molecule has 110 valence electrons. The van der Waals surface area contributed by atoms with Gasteiger partial charge in [0, 0.05) is 5.57 Å². The van der Waals surface area contributed by atoms with Crippen LogP contribution in [0.1, 0.15) is 77.6 Å². The molecule has 0 aliphatic heterocycles. The van der Waals surface area contributed by atoms with Crippen molar-refractivity contribution in [2.24, 2.45) is 5.92 Å². The molecule has 0 N–H and O–H groups in total. The minimum absolute atomic E-state index is 0.174. The molecule has 0 radical (unpaired) electrons. The van der Waals surface area contributed by atoms with Crippen LogP contribution in [0.2, 0.25) is 0 Å². The summed E-state index contributed by atoms with van der Waals surface area (Å²) in [4.78, 5) is 11.7. The highest BCUT2D eigenvalue weighted by atomic mass is 16.5. The molecule has 19 heavy (non-hydrogen) atoms. The first-order chi connectivity index (χ1) is 9.24. The van der Waals surface area contributed by atoms with Crippen LogP contribution in [0.15, 0.2) is 12.2 Å². The number of rotatable bonds is 9. The van der Waals surface area contributed by atoms with Gasteiger partial charge in [0.25, 0.3) is 0 Å². The van der Waals surface area contributed by atoms with Crippen molar-refractivity contribution in [3.05, 3.63) is 12.2 Å². The molecule has 0 amide bonds. The largest absolute Gasteiger partial charge is 0.462 e. The van der Waals surface area contributed by atoms with Crippen molar-refractivity contribution in [3.63, 3.8) is 0 Å². The fourth-order valence-electron chi connectivity index (χ4n) is 2.76. The van der Waals surface area contributed by atoms with Crippen LogP contribution in [-0.4, -0.2) is 12.6 Å². The van der Waals surface area contributed by atoms with Crippen molar-refractivity contribution in [1.29, 1.82) is 0 Å². The lowest BCUT2D eigenvalue weighted by molar-refractivity contribution is -0.139. The number of carbonyl (C=O) groups excluding carboxylic acids is 1. The van der Waals surface area contributed by atoms with Crippen LogP contribution in [0.3, 0.4) is 0 Å². The van der Waals surface area contributed by atoms with E-state index >= 15 is 0 Å². The van der Waals surface area contributed by atoms with Gasteiger partial charge in [0.2, 0.25) is 0 Å². The summed E-state index contributed by atoms with van der Waals surface area (Å²) in [7, 11) is 0. The van der Waals surface area contributed by atoms with E-state index in [0.717, 1.165) is 25.2 Å². The Morgan fingerprint density at radius 3 is 2.58 bits per heavy atom. The van der Waals surface area contributed by atoms with Gasteiger partial charge in [-0.25, -0.2) is 4.79 Å². The van der Waals surface area contributed by atoms with Crippen LogP contribution >= 0.6 is 0 Å². The summed E-state index contributed by atoms with van der Waals surface area (Å²) < 4.78 is 5.33. The minimum atomic E-state index is -0.174. The average molecular weight is 266 g/mol. The Morgan fingerprint density at radius 2 is 1.89 bits per heavy atom. The minimum Gasteiger partial charge on any atom is -0.462 e. The molecule has 0 heterocycles. The Hall–Kier alpha value is -0.790. The van der Waals surface area contributed by atoms with Gasteiger partial charge < -0.3 is 4.74 Å². The predicted molar refractivity (Wildman–Crippen MR) is 80.1 cm³/mol. The van der Waals surface area contributed by atoms with Crippen molar-refractivity contribution >= 4 is 5.97 Å². The van der Waals surface area contributed by atoms with Gasteiger partial charge in [0.05, 0.1) is 6.61 Å². The summed E-state index contributed by atoms with van der Waals surface area (Å²) in [5.41, 5.74) is 0.653. The molecule has 0 aromatic carbocycles. The summed E-state index contributed by atoms with van der Waals surface area (Å²) in [5, 5.41) is 0. The van der Waals surface area contributed by atoms with Crippen LogP contribution in [0.25, 0.3) is 0 Å². The third kappa shape index (κ3) is 7.39. The molecule has 0 aromatic heterocycles. The Labute approximate surface area is 118 Å². The zero-order valence-electron chi connectivity index (χ0n) is 12.6. The second-order valence-corrected chi connectivity index (χ2v) is 5.84. The maximum absolute atomic E-state index is 11.7. The van der Waals surface area contributed by atoms with E-state index in [4.69, 9.17) is 4.74 Å². The van der Waals surface area contributed by atoms with Crippen molar-refractivity contribution in [2.75, 3.05) is 6.61 Å². The third-order valence-electron chi connectivity index (χ3n) is 4.10. The van der Waals surface area contributed by atoms with Crippen LogP contribution in [0.4, 0.5) is 0 Å². The second kappa shape index (κ2) is 10.1. The fraction of sp³-hybridized carbons (Fsp3) is 0.824. The van der Waals surface area contributed by atoms with E-state index in [9.17, 15) is 4.79 Å². The van der Waals surface area contributed by atoms with E-state index < -0.39 is 0 Å². The summed E-state index contributed by atoms with van der Waals surface area (Å²) in [6, 6.07) is 0. The average Bonchev–Trinajstić information content (AvgIpc) is 2.44. The summed E-state index contributed by atoms with van der Waals surface area (Å²) in [6.07, 6.45) is 13.2. The highest BCUT2D eigenvalue weighted by Crippen LogP contribution is 2.26. The maximum atomic E-state index is 11.7. The quantitative estimate of drug-likeness (QED) is 0.332. The molecular weight excluding hydrogens is 236 g/mol. The molecule has 2 heteroatoms. The number of esters is 1. The van der Waals surface area contributed by atoms with Crippen molar-refractivity contribution in [2.45, 2.75) is 77.6 Å². The topological polar surface area (TPSA) is 26.3 Å². The van der Waals surface area contributed by atoms with E-state index in [-0.39, 0.29) is 5.97 Å². The maximum Gasteiger partial charge on any atom is 0.333 e. The molecule has 1 rings (SSSR count). The molecule has 2 nitrogen and oxygen atoms in total. The van der Waals surface area contributed by atoms with Gasteiger partial charge in [-0.15, -0.1) is 0 Å². The zero-order valence-corrected chi connectivity index (χ0v) is 12.6. The van der Waals surface area contributed by atoms with E-state index in [0.29, 0.717) is 12.2 Å². The SMILES string of the molecule is C=C(CCCCCC)C(=O)OCCC1CCCCC1. The highest BCUT2D eigenvalue weighted by Gasteiger charge is 2.14. The molecule has 1 fully saturated rings. The van der Waals surface area contributed by atoms with Crippen molar-refractivity contribution in [1.82, 2.24) is 0 Å². The number of unbranched alkanes of at least 4 members (excludes halogenated alkanes) is 3. The molecule has 0 bridgehead atoms. The molecule has 0 saturated heterocycles. The van der Waals surface area contributed by atoms with Crippen molar-refractivity contribution in [3.8, 4) is 0 Å². The molecule has 0 spiro atoms. The van der Waals surface area contributed by atoms with Gasteiger partial charge in [-0.3, -0.25) is 0 Å². The van der Waals surface area contributed by atoms with Gasteiger partial charge >= 0.3 is 5.97 Å². The van der Waals surface area contributed by atoms with Gasteiger partial charge in [-0.05, 0) is 25.2 Å². The summed E-state index contributed by atoms with van der Waals surface area (Å²) in [5.74, 6) is 0.603. The lowest BCUT2D eigenvalue weighted by atomic mass is 9.87. The van der Waals surface area contributed by atoms with E-state index in [1.807, 2.05) is 0 Å².